The number of carbonyl (C=O) groups is 6. The van der Waals surface area contributed by atoms with E-state index in [0.717, 1.165) is 16.7 Å². The van der Waals surface area contributed by atoms with Gasteiger partial charge in [0.15, 0.2) is 6.10 Å². The summed E-state index contributed by atoms with van der Waals surface area (Å²) in [7, 11) is 0. The van der Waals surface area contributed by atoms with Crippen molar-refractivity contribution in [3.8, 4) is 17.2 Å². The highest BCUT2D eigenvalue weighted by Crippen LogP contribution is 2.17. The summed E-state index contributed by atoms with van der Waals surface area (Å²) in [5.74, 6) is -1.27. The number of rotatable bonds is 29. The first-order valence-corrected chi connectivity index (χ1v) is 20.8. The van der Waals surface area contributed by atoms with Gasteiger partial charge in [-0.05, 0) is 111 Å². The van der Waals surface area contributed by atoms with Crippen molar-refractivity contribution in [2.24, 2.45) is 0 Å². The Morgan fingerprint density at radius 2 is 0.730 bits per heavy atom. The Labute approximate surface area is 367 Å². The van der Waals surface area contributed by atoms with Crippen molar-refractivity contribution in [3.05, 3.63) is 108 Å². The minimum absolute atomic E-state index is 0.0151. The predicted molar refractivity (Wildman–Crippen MR) is 232 cm³/mol. The summed E-state index contributed by atoms with van der Waals surface area (Å²) in [6.07, 6.45) is 8.88. The lowest BCUT2D eigenvalue weighted by atomic mass is 10.2. The van der Waals surface area contributed by atoms with Crippen LogP contribution in [0.5, 0.6) is 17.2 Å². The second-order valence-electron chi connectivity index (χ2n) is 13.3. The molecule has 0 atom stereocenters. The van der Waals surface area contributed by atoms with Gasteiger partial charge in [0.2, 0.25) is 0 Å². The van der Waals surface area contributed by atoms with Gasteiger partial charge in [-0.1, -0.05) is 36.4 Å². The van der Waals surface area contributed by atoms with E-state index >= 15 is 0 Å². The molecule has 0 N–H and O–H groups in total. The molecule has 338 valence electrons. The Hall–Kier alpha value is -6.90. The molecule has 0 bridgehead atoms. The zero-order chi connectivity index (χ0) is 45.5. The van der Waals surface area contributed by atoms with Crippen molar-refractivity contribution in [1.82, 2.24) is 0 Å². The van der Waals surface area contributed by atoms with Crippen LogP contribution in [0.25, 0.3) is 18.2 Å². The normalized spacial score (nSPS) is 11.0. The topological polar surface area (TPSA) is 185 Å². The summed E-state index contributed by atoms with van der Waals surface area (Å²) in [4.78, 5) is 72.6. The van der Waals surface area contributed by atoms with Crippen LogP contribution in [0.1, 0.15) is 76.0 Å². The van der Waals surface area contributed by atoms with Gasteiger partial charge in [0.25, 0.3) is 0 Å². The van der Waals surface area contributed by atoms with E-state index < -0.39 is 41.9 Å². The quantitative estimate of drug-likeness (QED) is 0.0293. The molecular weight excluding hydrogens is 817 g/mol. The van der Waals surface area contributed by atoms with Crippen LogP contribution in [0.3, 0.4) is 0 Å². The molecule has 3 rings (SSSR count). The van der Waals surface area contributed by atoms with Crippen molar-refractivity contribution in [2.45, 2.75) is 65.4 Å². The first-order valence-electron chi connectivity index (χ1n) is 20.8. The Balaban J connectivity index is 1.43. The molecule has 0 heterocycles. The molecule has 3 aromatic carbocycles. The molecule has 3 aromatic rings. The van der Waals surface area contributed by atoms with Gasteiger partial charge in [0, 0.05) is 37.5 Å². The van der Waals surface area contributed by atoms with Crippen LogP contribution in [0.4, 0.5) is 0 Å². The Bertz CT molecular complexity index is 1850. The number of esters is 6. The molecule has 0 fully saturated rings. The van der Waals surface area contributed by atoms with Gasteiger partial charge in [-0.3, -0.25) is 14.4 Å². The van der Waals surface area contributed by atoms with E-state index in [1.54, 1.807) is 112 Å². The number of hydrogen-bond donors (Lipinski definition) is 0. The largest absolute Gasteiger partial charge is 0.494 e. The maximum atomic E-state index is 12.8. The third-order valence-corrected chi connectivity index (χ3v) is 8.28. The lowest BCUT2D eigenvalue weighted by Crippen LogP contribution is -2.31. The SMILES string of the molecule is CCOC(=O)/C=C/c1ccc(OCCCC(=O)OCC(COC(=O)CCCOc2ccc(/C=C/C(=O)OCC)cc2)OC(=O)CCCOc2ccc(/C=C/C(=O)OCC)cc2)cc1. The summed E-state index contributed by atoms with van der Waals surface area (Å²) < 4.78 is 48.1. The first kappa shape index (κ1) is 50.5. The smallest absolute Gasteiger partial charge is 0.330 e. The highest BCUT2D eigenvalue weighted by atomic mass is 16.6. The van der Waals surface area contributed by atoms with Gasteiger partial charge in [0.05, 0.1) is 39.6 Å². The number of ether oxygens (including phenoxy) is 9. The molecule has 0 unspecified atom stereocenters. The first-order chi connectivity index (χ1) is 30.6. The average molecular weight is 873 g/mol. The predicted octanol–water partition coefficient (Wildman–Crippen LogP) is 7.29. The highest BCUT2D eigenvalue weighted by Gasteiger charge is 2.20. The van der Waals surface area contributed by atoms with Gasteiger partial charge in [-0.2, -0.15) is 0 Å². The van der Waals surface area contributed by atoms with E-state index in [1.807, 2.05) is 0 Å². The van der Waals surface area contributed by atoms with E-state index in [0.29, 0.717) is 56.3 Å². The molecule has 15 heteroatoms. The number of benzene rings is 3. The molecule has 0 spiro atoms. The van der Waals surface area contributed by atoms with Gasteiger partial charge in [-0.25, -0.2) is 14.4 Å². The second-order valence-corrected chi connectivity index (χ2v) is 13.3. The maximum absolute atomic E-state index is 12.8. The molecule has 0 aromatic heterocycles. The van der Waals surface area contributed by atoms with Gasteiger partial charge in [-0.15, -0.1) is 0 Å². The summed E-state index contributed by atoms with van der Waals surface area (Å²) in [5.41, 5.74) is 2.35. The van der Waals surface area contributed by atoms with E-state index in [1.165, 1.54) is 18.2 Å². The minimum Gasteiger partial charge on any atom is -0.494 e. The molecule has 0 aliphatic heterocycles. The van der Waals surface area contributed by atoms with Crippen LogP contribution in [0.15, 0.2) is 91.0 Å². The lowest BCUT2D eigenvalue weighted by Gasteiger charge is -2.18. The van der Waals surface area contributed by atoms with Gasteiger partial charge >= 0.3 is 35.8 Å². The summed E-state index contributed by atoms with van der Waals surface area (Å²) >= 11 is 0. The highest BCUT2D eigenvalue weighted by molar-refractivity contribution is 5.88. The maximum Gasteiger partial charge on any atom is 0.330 e. The molecule has 0 saturated heterocycles. The van der Waals surface area contributed by atoms with Crippen molar-refractivity contribution in [2.75, 3.05) is 52.9 Å². The van der Waals surface area contributed by atoms with Crippen molar-refractivity contribution in [3.63, 3.8) is 0 Å². The van der Waals surface area contributed by atoms with Crippen molar-refractivity contribution >= 4 is 54.0 Å². The average Bonchev–Trinajstić information content (AvgIpc) is 3.28. The fraction of sp³-hybridized carbons (Fsp3) is 0.375. The van der Waals surface area contributed by atoms with E-state index in [9.17, 15) is 28.8 Å². The minimum atomic E-state index is -1.05. The molecule has 0 saturated carbocycles. The zero-order valence-corrected chi connectivity index (χ0v) is 36.0. The Morgan fingerprint density at radius 1 is 0.429 bits per heavy atom. The summed E-state index contributed by atoms with van der Waals surface area (Å²) in [5, 5.41) is 0. The van der Waals surface area contributed by atoms with Gasteiger partial charge < -0.3 is 42.6 Å². The number of hydrogen-bond acceptors (Lipinski definition) is 15. The molecule has 63 heavy (non-hydrogen) atoms. The van der Waals surface area contributed by atoms with Crippen molar-refractivity contribution in [1.29, 1.82) is 0 Å². The van der Waals surface area contributed by atoms with E-state index in [-0.39, 0.29) is 52.3 Å². The van der Waals surface area contributed by atoms with Crippen molar-refractivity contribution < 1.29 is 71.4 Å². The van der Waals surface area contributed by atoms with Crippen LogP contribution < -0.4 is 14.2 Å². The standard InChI is InChI=1S/C48H56O15/c1-4-55-45(51)28-19-36-13-22-39(23-14-36)58-31-7-10-43(49)61-34-42(63-48(54)12-9-33-60-41-26-17-38(18-27-41)21-30-47(53)57-6-3)35-62-44(50)11-8-32-59-40-24-15-37(16-25-40)20-29-46(52)56-5-2/h13-30,42H,4-12,31-35H2,1-3H3/b28-19+,29-20+,30-21+. The fourth-order valence-corrected chi connectivity index (χ4v) is 5.19. The summed E-state index contributed by atoms with van der Waals surface area (Å²) in [6, 6.07) is 21.1. The molecule has 0 aliphatic rings. The van der Waals surface area contributed by atoms with Crippen LogP contribution in [0.2, 0.25) is 0 Å². The van der Waals surface area contributed by atoms with Crippen LogP contribution in [-0.2, 0) is 57.2 Å². The molecule has 0 radical (unpaired) electrons. The third-order valence-electron chi connectivity index (χ3n) is 8.28. The van der Waals surface area contributed by atoms with E-state index in [4.69, 9.17) is 42.6 Å². The molecule has 0 amide bonds. The van der Waals surface area contributed by atoms with E-state index in [2.05, 4.69) is 0 Å². The van der Waals surface area contributed by atoms with Crippen LogP contribution >= 0.6 is 0 Å². The van der Waals surface area contributed by atoms with Crippen LogP contribution in [-0.4, -0.2) is 94.8 Å². The second kappa shape index (κ2) is 30.2. The molecule has 0 aliphatic carbocycles. The third kappa shape index (κ3) is 23.0. The monoisotopic (exact) mass is 872 g/mol. The zero-order valence-electron chi connectivity index (χ0n) is 36.0. The summed E-state index contributed by atoms with van der Waals surface area (Å²) in [6.45, 7) is 6.07. The number of carbonyl (C=O) groups excluding carboxylic acids is 6. The lowest BCUT2D eigenvalue weighted by molar-refractivity contribution is -0.167. The fourth-order valence-electron chi connectivity index (χ4n) is 5.19. The molecular formula is C48H56O15. The van der Waals surface area contributed by atoms with Crippen LogP contribution in [0, 0.1) is 0 Å². The molecule has 15 nitrogen and oxygen atoms in total. The van der Waals surface area contributed by atoms with Gasteiger partial charge in [0.1, 0.15) is 30.5 Å². The Kier molecular flexibility index (Phi) is 24.2. The Morgan fingerprint density at radius 3 is 1.03 bits per heavy atom.